The SMILES string of the molecule is O=C(Nc1c(Br)c(F)c(F)c(Br)c1[N+](=O)[O-])C(F)(F)F. The van der Waals surface area contributed by atoms with Crippen LogP contribution in [0.5, 0.6) is 0 Å². The summed E-state index contributed by atoms with van der Waals surface area (Å²) in [6.07, 6.45) is -5.36. The Morgan fingerprint density at radius 2 is 1.60 bits per heavy atom. The molecular formula is C8HBr2F5N2O3. The Kier molecular flexibility index (Phi) is 4.69. The Morgan fingerprint density at radius 3 is 2.00 bits per heavy atom. The number of nitrogens with zero attached hydrogens (tertiary/aromatic N) is 1. The first-order valence-corrected chi connectivity index (χ1v) is 5.95. The lowest BCUT2D eigenvalue weighted by Crippen LogP contribution is -2.30. The molecule has 1 rings (SSSR count). The molecule has 110 valence electrons. The van der Waals surface area contributed by atoms with Crippen LogP contribution < -0.4 is 5.32 Å². The van der Waals surface area contributed by atoms with Crippen molar-refractivity contribution in [1.29, 1.82) is 0 Å². The molecule has 0 aliphatic heterocycles. The van der Waals surface area contributed by atoms with Crippen LogP contribution in [0.25, 0.3) is 0 Å². The Hall–Kier alpha value is -1.30. The van der Waals surface area contributed by atoms with Gasteiger partial charge in [-0.2, -0.15) is 13.2 Å². The van der Waals surface area contributed by atoms with Gasteiger partial charge in [0.15, 0.2) is 11.6 Å². The molecule has 0 aliphatic rings. The molecule has 1 aromatic carbocycles. The first-order valence-electron chi connectivity index (χ1n) is 4.37. The summed E-state index contributed by atoms with van der Waals surface area (Å²) in [4.78, 5) is 20.2. The van der Waals surface area contributed by atoms with Gasteiger partial charge in [-0.3, -0.25) is 14.9 Å². The lowest BCUT2D eigenvalue weighted by Gasteiger charge is -2.12. The average molecular weight is 428 g/mol. The van der Waals surface area contributed by atoms with Crippen LogP contribution in [0.1, 0.15) is 0 Å². The van der Waals surface area contributed by atoms with Crippen molar-refractivity contribution >= 4 is 49.1 Å². The number of alkyl halides is 3. The van der Waals surface area contributed by atoms with Crippen LogP contribution in [-0.2, 0) is 4.79 Å². The van der Waals surface area contributed by atoms with E-state index in [0.29, 0.717) is 0 Å². The van der Waals surface area contributed by atoms with Crippen molar-refractivity contribution in [2.45, 2.75) is 6.18 Å². The van der Waals surface area contributed by atoms with E-state index >= 15 is 0 Å². The second-order valence-electron chi connectivity index (χ2n) is 3.19. The van der Waals surface area contributed by atoms with Crippen molar-refractivity contribution in [2.24, 2.45) is 0 Å². The van der Waals surface area contributed by atoms with Crippen molar-refractivity contribution in [3.63, 3.8) is 0 Å². The largest absolute Gasteiger partial charge is 0.471 e. The minimum atomic E-state index is -5.36. The molecule has 0 saturated heterocycles. The van der Waals surface area contributed by atoms with Crippen LogP contribution in [0.2, 0.25) is 0 Å². The highest BCUT2D eigenvalue weighted by molar-refractivity contribution is 9.11. The molecule has 0 unspecified atom stereocenters. The number of carbonyl (C=O) groups excluding carboxylic acids is 1. The quantitative estimate of drug-likeness (QED) is 0.256. The van der Waals surface area contributed by atoms with E-state index in [4.69, 9.17) is 0 Å². The minimum absolute atomic E-state index is 1.01. The molecule has 0 bridgehead atoms. The van der Waals surface area contributed by atoms with E-state index in [1.54, 1.807) is 0 Å². The van der Waals surface area contributed by atoms with Gasteiger partial charge < -0.3 is 5.32 Å². The maximum Gasteiger partial charge on any atom is 0.471 e. The van der Waals surface area contributed by atoms with E-state index in [1.165, 1.54) is 0 Å². The van der Waals surface area contributed by atoms with Crippen molar-refractivity contribution < 1.29 is 31.7 Å². The van der Waals surface area contributed by atoms with Crippen molar-refractivity contribution in [3.05, 3.63) is 30.7 Å². The number of anilines is 1. The second-order valence-corrected chi connectivity index (χ2v) is 4.77. The highest BCUT2D eigenvalue weighted by atomic mass is 79.9. The fourth-order valence-corrected chi connectivity index (χ4v) is 2.07. The van der Waals surface area contributed by atoms with Gasteiger partial charge in [0.25, 0.3) is 0 Å². The van der Waals surface area contributed by atoms with Crippen LogP contribution >= 0.6 is 31.9 Å². The van der Waals surface area contributed by atoms with E-state index in [1.807, 2.05) is 0 Å². The third kappa shape index (κ3) is 3.06. The zero-order valence-corrected chi connectivity index (χ0v) is 12.0. The third-order valence-electron chi connectivity index (χ3n) is 1.92. The van der Waals surface area contributed by atoms with Gasteiger partial charge in [0.1, 0.15) is 10.2 Å². The molecule has 1 aromatic rings. The standard InChI is InChI=1S/C8HBr2F5N2O3/c9-1-3(11)4(12)2(10)6(17(19)20)5(1)16-7(18)8(13,14)15/h(H,16,18). The monoisotopic (exact) mass is 426 g/mol. The van der Waals surface area contributed by atoms with Gasteiger partial charge in [0.2, 0.25) is 0 Å². The Labute approximate surface area is 123 Å². The van der Waals surface area contributed by atoms with E-state index in [2.05, 4.69) is 31.9 Å². The molecule has 1 N–H and O–H groups in total. The van der Waals surface area contributed by atoms with Crippen LogP contribution in [0, 0.1) is 21.7 Å². The Morgan fingerprint density at radius 1 is 1.15 bits per heavy atom. The fourth-order valence-electron chi connectivity index (χ4n) is 1.09. The van der Waals surface area contributed by atoms with E-state index in [9.17, 15) is 36.9 Å². The number of nitrogens with one attached hydrogen (secondary N) is 1. The third-order valence-corrected chi connectivity index (χ3v) is 3.39. The number of rotatable bonds is 2. The molecule has 0 radical (unpaired) electrons. The molecule has 0 atom stereocenters. The molecule has 0 spiro atoms. The van der Waals surface area contributed by atoms with E-state index in [-0.39, 0.29) is 0 Å². The summed E-state index contributed by atoms with van der Waals surface area (Å²) in [6.45, 7) is 0. The molecule has 0 aromatic heterocycles. The van der Waals surface area contributed by atoms with Crippen molar-refractivity contribution in [2.75, 3.05) is 5.32 Å². The molecule has 12 heteroatoms. The number of nitro benzene ring substituents is 1. The molecule has 1 amide bonds. The zero-order chi connectivity index (χ0) is 15.8. The predicted molar refractivity (Wildman–Crippen MR) is 63.1 cm³/mol. The number of hydrogen-bond acceptors (Lipinski definition) is 3. The second kappa shape index (κ2) is 5.60. The summed E-state index contributed by atoms with van der Waals surface area (Å²) in [7, 11) is 0. The number of halogens is 7. The number of nitro groups is 1. The highest BCUT2D eigenvalue weighted by Gasteiger charge is 2.41. The van der Waals surface area contributed by atoms with Gasteiger partial charge in [-0.25, -0.2) is 8.78 Å². The zero-order valence-electron chi connectivity index (χ0n) is 8.82. The molecular weight excluding hydrogens is 427 g/mol. The van der Waals surface area contributed by atoms with Gasteiger partial charge in [-0.15, -0.1) is 0 Å². The average Bonchev–Trinajstić information content (AvgIpc) is 2.31. The molecule has 0 saturated carbocycles. The Balaban J connectivity index is 3.53. The number of hydrogen-bond donors (Lipinski definition) is 1. The van der Waals surface area contributed by atoms with Crippen molar-refractivity contribution in [1.82, 2.24) is 0 Å². The molecule has 5 nitrogen and oxygen atoms in total. The summed E-state index contributed by atoms with van der Waals surface area (Å²) in [6, 6.07) is 0. The van der Waals surface area contributed by atoms with Gasteiger partial charge in [-0.05, 0) is 31.9 Å². The summed E-state index contributed by atoms with van der Waals surface area (Å²) >= 11 is 4.70. The number of benzene rings is 1. The normalized spacial score (nSPS) is 11.3. The highest BCUT2D eigenvalue weighted by Crippen LogP contribution is 2.43. The number of carbonyl (C=O) groups is 1. The van der Waals surface area contributed by atoms with Crippen LogP contribution in [0.3, 0.4) is 0 Å². The number of amides is 1. The Bertz CT molecular complexity index is 605. The lowest BCUT2D eigenvalue weighted by molar-refractivity contribution is -0.385. The maximum atomic E-state index is 13.3. The van der Waals surface area contributed by atoms with Gasteiger partial charge in [-0.1, -0.05) is 0 Å². The van der Waals surface area contributed by atoms with Gasteiger partial charge in [0, 0.05) is 0 Å². The summed E-state index contributed by atoms with van der Waals surface area (Å²) in [5, 5.41) is 11.8. The predicted octanol–water partition coefficient (Wildman–Crippen LogP) is 3.90. The van der Waals surface area contributed by atoms with Crippen LogP contribution in [0.15, 0.2) is 8.95 Å². The maximum absolute atomic E-state index is 13.3. The first-order chi connectivity index (χ1) is 8.98. The van der Waals surface area contributed by atoms with E-state index < -0.39 is 49.0 Å². The topological polar surface area (TPSA) is 72.2 Å². The molecule has 0 heterocycles. The fraction of sp³-hybridized carbons (Fsp3) is 0.125. The van der Waals surface area contributed by atoms with E-state index in [0.717, 1.165) is 5.32 Å². The van der Waals surface area contributed by atoms with Gasteiger partial charge >= 0.3 is 17.8 Å². The van der Waals surface area contributed by atoms with Crippen LogP contribution in [0.4, 0.5) is 33.3 Å². The minimum Gasteiger partial charge on any atom is -0.311 e. The lowest BCUT2D eigenvalue weighted by atomic mass is 10.2. The molecule has 0 aliphatic carbocycles. The molecule has 20 heavy (non-hydrogen) atoms. The van der Waals surface area contributed by atoms with Gasteiger partial charge in [0.05, 0.1) is 9.40 Å². The summed E-state index contributed by atoms with van der Waals surface area (Å²) in [5.41, 5.74) is -2.41. The molecule has 0 fully saturated rings. The first kappa shape index (κ1) is 16.8. The summed E-state index contributed by atoms with van der Waals surface area (Å²) in [5.74, 6) is -5.95. The van der Waals surface area contributed by atoms with Crippen LogP contribution in [-0.4, -0.2) is 17.0 Å². The smallest absolute Gasteiger partial charge is 0.311 e. The van der Waals surface area contributed by atoms with Crippen molar-refractivity contribution in [3.8, 4) is 0 Å². The summed E-state index contributed by atoms with van der Waals surface area (Å²) < 4.78 is 60.9.